The first kappa shape index (κ1) is 18.4. The Balaban J connectivity index is 1.41. The molecular formula is C20H22N6OS. The first-order valence-electron chi connectivity index (χ1n) is 9.28. The van der Waals surface area contributed by atoms with Crippen molar-refractivity contribution in [3.05, 3.63) is 52.1 Å². The summed E-state index contributed by atoms with van der Waals surface area (Å²) >= 11 is 1.40. The fraction of sp³-hybridized carbons (Fsp3) is 0.300. The third kappa shape index (κ3) is 4.12. The zero-order chi connectivity index (χ0) is 19.5. The third-order valence-electron chi connectivity index (χ3n) is 4.64. The van der Waals surface area contributed by atoms with Crippen LogP contribution in [-0.2, 0) is 0 Å². The molecule has 2 N–H and O–H groups in total. The molecule has 1 aliphatic heterocycles. The normalized spacial score (nSPS) is 13.6. The summed E-state index contributed by atoms with van der Waals surface area (Å²) in [6.07, 6.45) is 4.25. The van der Waals surface area contributed by atoms with Gasteiger partial charge >= 0.3 is 0 Å². The van der Waals surface area contributed by atoms with Crippen molar-refractivity contribution in [1.82, 2.24) is 15.2 Å². The summed E-state index contributed by atoms with van der Waals surface area (Å²) in [4.78, 5) is 19.7. The van der Waals surface area contributed by atoms with Gasteiger partial charge in [0.15, 0.2) is 5.82 Å². The van der Waals surface area contributed by atoms with Crippen molar-refractivity contribution in [1.29, 1.82) is 0 Å². The molecule has 0 atom stereocenters. The van der Waals surface area contributed by atoms with Crippen molar-refractivity contribution < 1.29 is 4.79 Å². The molecule has 1 fully saturated rings. The number of carbonyl (C=O) groups excluding carboxylic acids is 1. The number of rotatable bonds is 5. The second kappa shape index (κ2) is 7.93. The van der Waals surface area contributed by atoms with Gasteiger partial charge in [-0.05, 0) is 51.0 Å². The molecule has 2 aromatic heterocycles. The zero-order valence-corrected chi connectivity index (χ0v) is 16.7. The van der Waals surface area contributed by atoms with E-state index in [0.29, 0.717) is 10.7 Å². The Morgan fingerprint density at radius 2 is 1.82 bits per heavy atom. The maximum atomic E-state index is 12.4. The monoisotopic (exact) mass is 394 g/mol. The summed E-state index contributed by atoms with van der Waals surface area (Å²) in [6.45, 7) is 5.88. The maximum Gasteiger partial charge on any atom is 0.267 e. The van der Waals surface area contributed by atoms with E-state index in [1.54, 1.807) is 6.20 Å². The van der Waals surface area contributed by atoms with Crippen LogP contribution in [0.15, 0.2) is 36.5 Å². The Kier molecular flexibility index (Phi) is 5.21. The second-order valence-corrected chi connectivity index (χ2v) is 8.00. The van der Waals surface area contributed by atoms with E-state index in [9.17, 15) is 4.79 Å². The summed E-state index contributed by atoms with van der Waals surface area (Å²) in [7, 11) is 0. The van der Waals surface area contributed by atoms with Crippen LogP contribution < -0.4 is 15.5 Å². The lowest BCUT2D eigenvalue weighted by atomic mass is 10.2. The van der Waals surface area contributed by atoms with Crippen molar-refractivity contribution in [3.63, 3.8) is 0 Å². The van der Waals surface area contributed by atoms with Crippen LogP contribution in [0.4, 0.5) is 22.9 Å². The molecular weight excluding hydrogens is 372 g/mol. The highest BCUT2D eigenvalue weighted by Gasteiger charge is 2.15. The molecule has 0 saturated carbocycles. The van der Waals surface area contributed by atoms with E-state index >= 15 is 0 Å². The van der Waals surface area contributed by atoms with E-state index in [1.807, 2.05) is 44.2 Å². The molecule has 4 rings (SSSR count). The van der Waals surface area contributed by atoms with Crippen molar-refractivity contribution in [2.45, 2.75) is 26.7 Å². The average Bonchev–Trinajstić information content (AvgIpc) is 3.33. The van der Waals surface area contributed by atoms with Gasteiger partial charge in [-0.25, -0.2) is 4.98 Å². The summed E-state index contributed by atoms with van der Waals surface area (Å²) in [5.41, 5.74) is 3.47. The molecule has 1 aliphatic rings. The summed E-state index contributed by atoms with van der Waals surface area (Å²) in [5.74, 6) is 0.574. The van der Waals surface area contributed by atoms with Gasteiger partial charge in [-0.2, -0.15) is 5.10 Å². The lowest BCUT2D eigenvalue weighted by Crippen LogP contribution is -2.18. The largest absolute Gasteiger partial charge is 0.370 e. The molecule has 1 aromatic carbocycles. The Labute approximate surface area is 167 Å². The number of hydrogen-bond donors (Lipinski definition) is 2. The second-order valence-electron chi connectivity index (χ2n) is 6.80. The molecule has 8 heteroatoms. The number of hydrogen-bond acceptors (Lipinski definition) is 7. The fourth-order valence-corrected chi connectivity index (χ4v) is 4.10. The van der Waals surface area contributed by atoms with Crippen LogP contribution >= 0.6 is 11.3 Å². The van der Waals surface area contributed by atoms with Crippen LogP contribution in [0, 0.1) is 13.8 Å². The van der Waals surface area contributed by atoms with Gasteiger partial charge in [0.2, 0.25) is 0 Å². The zero-order valence-electron chi connectivity index (χ0n) is 15.9. The van der Waals surface area contributed by atoms with E-state index in [0.717, 1.165) is 40.9 Å². The Bertz CT molecular complexity index is 979. The molecule has 144 valence electrons. The molecule has 0 radical (unpaired) electrons. The van der Waals surface area contributed by atoms with E-state index in [-0.39, 0.29) is 5.91 Å². The number of aromatic nitrogens is 3. The highest BCUT2D eigenvalue weighted by molar-refractivity contribution is 7.13. The van der Waals surface area contributed by atoms with Gasteiger partial charge in [-0.3, -0.25) is 4.79 Å². The number of thiazole rings is 1. The SMILES string of the molecule is Cc1nc(C)c(C(=O)Nc2ccc(Nc3cc(N4CCCC4)cnn3)cc2)s1. The van der Waals surface area contributed by atoms with Gasteiger partial charge < -0.3 is 15.5 Å². The van der Waals surface area contributed by atoms with Crippen LogP contribution in [0.25, 0.3) is 0 Å². The number of carbonyl (C=O) groups is 1. The standard InChI is InChI=1S/C20H22N6OS/c1-13-19(28-14(2)22-13)20(27)24-16-7-5-15(6-8-16)23-18-11-17(12-21-25-18)26-9-3-4-10-26/h5-8,11-12H,3-4,9-10H2,1-2H3,(H,23,25)(H,24,27). The van der Waals surface area contributed by atoms with E-state index < -0.39 is 0 Å². The van der Waals surface area contributed by atoms with Gasteiger partial charge in [-0.15, -0.1) is 16.4 Å². The van der Waals surface area contributed by atoms with E-state index in [2.05, 4.69) is 30.7 Å². The Morgan fingerprint density at radius 1 is 1.11 bits per heavy atom. The summed E-state index contributed by atoms with van der Waals surface area (Å²) < 4.78 is 0. The third-order valence-corrected chi connectivity index (χ3v) is 5.71. The lowest BCUT2D eigenvalue weighted by molar-refractivity contribution is 0.103. The van der Waals surface area contributed by atoms with Crippen molar-refractivity contribution in [2.75, 3.05) is 28.6 Å². The molecule has 3 heterocycles. The minimum absolute atomic E-state index is 0.131. The predicted molar refractivity (Wildman–Crippen MR) is 113 cm³/mol. The Morgan fingerprint density at radius 3 is 2.50 bits per heavy atom. The minimum Gasteiger partial charge on any atom is -0.370 e. The molecule has 3 aromatic rings. The molecule has 0 unspecified atom stereocenters. The molecule has 0 bridgehead atoms. The number of nitrogens with one attached hydrogen (secondary N) is 2. The Hall–Kier alpha value is -3.00. The van der Waals surface area contributed by atoms with Gasteiger partial charge in [0, 0.05) is 30.5 Å². The van der Waals surface area contributed by atoms with E-state index in [4.69, 9.17) is 0 Å². The fourth-order valence-electron chi connectivity index (χ4n) is 3.28. The van der Waals surface area contributed by atoms with Gasteiger partial charge in [0.25, 0.3) is 5.91 Å². The van der Waals surface area contributed by atoms with Crippen LogP contribution in [0.5, 0.6) is 0 Å². The average molecular weight is 395 g/mol. The molecule has 1 saturated heterocycles. The van der Waals surface area contributed by atoms with Gasteiger partial charge in [0.05, 0.1) is 22.6 Å². The highest BCUT2D eigenvalue weighted by atomic mass is 32.1. The van der Waals surface area contributed by atoms with Crippen molar-refractivity contribution >= 4 is 40.1 Å². The number of aryl methyl sites for hydroxylation is 2. The highest BCUT2D eigenvalue weighted by Crippen LogP contribution is 2.24. The number of nitrogens with zero attached hydrogens (tertiary/aromatic N) is 4. The first-order chi connectivity index (χ1) is 13.6. The molecule has 0 spiro atoms. The number of benzene rings is 1. The molecule has 28 heavy (non-hydrogen) atoms. The van der Waals surface area contributed by atoms with Gasteiger partial charge in [0.1, 0.15) is 4.88 Å². The quantitative estimate of drug-likeness (QED) is 0.677. The first-order valence-corrected chi connectivity index (χ1v) is 10.1. The predicted octanol–water partition coefficient (Wildman–Crippen LogP) is 4.15. The minimum atomic E-state index is -0.131. The van der Waals surface area contributed by atoms with Crippen LogP contribution in [0.1, 0.15) is 33.2 Å². The van der Waals surface area contributed by atoms with Crippen molar-refractivity contribution in [2.24, 2.45) is 0 Å². The molecule has 1 amide bonds. The topological polar surface area (TPSA) is 83.0 Å². The smallest absolute Gasteiger partial charge is 0.267 e. The van der Waals surface area contributed by atoms with Crippen LogP contribution in [0.2, 0.25) is 0 Å². The van der Waals surface area contributed by atoms with Crippen LogP contribution in [-0.4, -0.2) is 34.2 Å². The van der Waals surface area contributed by atoms with Gasteiger partial charge in [-0.1, -0.05) is 0 Å². The van der Waals surface area contributed by atoms with Crippen LogP contribution in [0.3, 0.4) is 0 Å². The summed E-state index contributed by atoms with van der Waals surface area (Å²) in [6, 6.07) is 9.56. The number of amides is 1. The summed E-state index contributed by atoms with van der Waals surface area (Å²) in [5, 5.41) is 15.4. The van der Waals surface area contributed by atoms with E-state index in [1.165, 1.54) is 24.2 Å². The maximum absolute atomic E-state index is 12.4. The number of anilines is 4. The van der Waals surface area contributed by atoms with Crippen molar-refractivity contribution in [3.8, 4) is 0 Å². The lowest BCUT2D eigenvalue weighted by Gasteiger charge is -2.17. The molecule has 7 nitrogen and oxygen atoms in total. The molecule has 0 aliphatic carbocycles.